The molecule has 0 fully saturated rings. The van der Waals surface area contributed by atoms with E-state index in [1.54, 1.807) is 4.68 Å². The van der Waals surface area contributed by atoms with Crippen LogP contribution in [0.1, 0.15) is 17.0 Å². The van der Waals surface area contributed by atoms with Crippen molar-refractivity contribution >= 4 is 5.91 Å². The lowest BCUT2D eigenvalue weighted by atomic mass is 10.2. The molecular formula is C15H18FN3O2. The predicted molar refractivity (Wildman–Crippen MR) is 76.4 cm³/mol. The maximum absolute atomic E-state index is 12.7. The Morgan fingerprint density at radius 3 is 2.57 bits per heavy atom. The Morgan fingerprint density at radius 2 is 2.00 bits per heavy atom. The number of nitrogens with one attached hydrogen (secondary N) is 1. The highest BCUT2D eigenvalue weighted by atomic mass is 19.1. The maximum Gasteiger partial charge on any atom is 0.258 e. The minimum Gasteiger partial charge on any atom is -0.484 e. The van der Waals surface area contributed by atoms with Crippen molar-refractivity contribution in [2.75, 3.05) is 6.61 Å². The Morgan fingerprint density at radius 1 is 1.33 bits per heavy atom. The summed E-state index contributed by atoms with van der Waals surface area (Å²) in [5.74, 6) is -0.114. The smallest absolute Gasteiger partial charge is 0.258 e. The number of benzene rings is 1. The first-order valence-electron chi connectivity index (χ1n) is 6.61. The number of ether oxygens (including phenoxy) is 1. The Labute approximate surface area is 122 Å². The van der Waals surface area contributed by atoms with Crippen LogP contribution in [0.15, 0.2) is 24.3 Å². The van der Waals surface area contributed by atoms with Crippen LogP contribution < -0.4 is 10.1 Å². The standard InChI is InChI=1S/C15H18FN3O2/c1-10-14(11(2)19(3)18-10)8-17-15(20)9-21-13-6-4-12(16)5-7-13/h4-7H,8-9H2,1-3H3,(H,17,20). The van der Waals surface area contributed by atoms with E-state index >= 15 is 0 Å². The van der Waals surface area contributed by atoms with E-state index in [-0.39, 0.29) is 18.3 Å². The molecule has 6 heteroatoms. The fourth-order valence-corrected chi connectivity index (χ4v) is 1.99. The van der Waals surface area contributed by atoms with Gasteiger partial charge in [-0.05, 0) is 38.1 Å². The number of nitrogens with zero attached hydrogens (tertiary/aromatic N) is 2. The molecule has 1 aromatic carbocycles. The molecule has 0 spiro atoms. The van der Waals surface area contributed by atoms with Crippen molar-refractivity contribution in [3.05, 3.63) is 47.0 Å². The lowest BCUT2D eigenvalue weighted by molar-refractivity contribution is -0.123. The van der Waals surface area contributed by atoms with Crippen LogP contribution in [-0.2, 0) is 18.4 Å². The van der Waals surface area contributed by atoms with Gasteiger partial charge in [0.25, 0.3) is 5.91 Å². The topological polar surface area (TPSA) is 56.2 Å². The molecule has 0 aliphatic heterocycles. The average molecular weight is 291 g/mol. The summed E-state index contributed by atoms with van der Waals surface area (Å²) in [6.07, 6.45) is 0. The van der Waals surface area contributed by atoms with Gasteiger partial charge in [0, 0.05) is 24.8 Å². The summed E-state index contributed by atoms with van der Waals surface area (Å²) in [7, 11) is 1.87. The van der Waals surface area contributed by atoms with Gasteiger partial charge in [-0.25, -0.2) is 4.39 Å². The zero-order valence-electron chi connectivity index (χ0n) is 12.3. The fraction of sp³-hybridized carbons (Fsp3) is 0.333. The van der Waals surface area contributed by atoms with E-state index in [1.165, 1.54) is 24.3 Å². The van der Waals surface area contributed by atoms with Crippen molar-refractivity contribution in [1.82, 2.24) is 15.1 Å². The van der Waals surface area contributed by atoms with E-state index in [9.17, 15) is 9.18 Å². The monoisotopic (exact) mass is 291 g/mol. The van der Waals surface area contributed by atoms with Gasteiger partial charge in [0.1, 0.15) is 11.6 Å². The Balaban J connectivity index is 1.83. The Hall–Kier alpha value is -2.37. The molecule has 2 aromatic rings. The minimum atomic E-state index is -0.339. The summed E-state index contributed by atoms with van der Waals surface area (Å²) in [6.45, 7) is 4.17. The van der Waals surface area contributed by atoms with Crippen LogP contribution in [0, 0.1) is 19.7 Å². The van der Waals surface area contributed by atoms with Crippen LogP contribution in [-0.4, -0.2) is 22.3 Å². The van der Waals surface area contributed by atoms with Gasteiger partial charge in [0.2, 0.25) is 0 Å². The lowest BCUT2D eigenvalue weighted by Gasteiger charge is -2.08. The molecule has 0 aliphatic rings. The van der Waals surface area contributed by atoms with Gasteiger partial charge in [0.15, 0.2) is 6.61 Å². The third-order valence-corrected chi connectivity index (χ3v) is 3.30. The molecule has 0 saturated carbocycles. The molecule has 1 aromatic heterocycles. The number of aryl methyl sites for hydroxylation is 2. The molecule has 0 saturated heterocycles. The summed E-state index contributed by atoms with van der Waals surface area (Å²) >= 11 is 0. The molecular weight excluding hydrogens is 273 g/mol. The summed E-state index contributed by atoms with van der Waals surface area (Å²) in [6, 6.07) is 5.54. The summed E-state index contributed by atoms with van der Waals surface area (Å²) in [5, 5.41) is 7.07. The second-order valence-corrected chi connectivity index (χ2v) is 4.79. The first kappa shape index (κ1) is 15.0. The normalized spacial score (nSPS) is 10.5. The van der Waals surface area contributed by atoms with Gasteiger partial charge in [0.05, 0.1) is 5.69 Å². The first-order valence-corrected chi connectivity index (χ1v) is 6.61. The quantitative estimate of drug-likeness (QED) is 0.915. The molecule has 0 bridgehead atoms. The number of aromatic nitrogens is 2. The molecule has 0 radical (unpaired) electrons. The van der Waals surface area contributed by atoms with Gasteiger partial charge in [-0.1, -0.05) is 0 Å². The molecule has 0 unspecified atom stereocenters. The third kappa shape index (κ3) is 3.81. The Bertz CT molecular complexity index is 635. The van der Waals surface area contributed by atoms with Gasteiger partial charge >= 0.3 is 0 Å². The van der Waals surface area contributed by atoms with Gasteiger partial charge in [-0.15, -0.1) is 0 Å². The van der Waals surface area contributed by atoms with E-state index in [1.807, 2.05) is 20.9 Å². The zero-order valence-corrected chi connectivity index (χ0v) is 12.3. The van der Waals surface area contributed by atoms with Crippen molar-refractivity contribution in [3.8, 4) is 5.75 Å². The molecule has 112 valence electrons. The van der Waals surface area contributed by atoms with Crippen LogP contribution in [0.5, 0.6) is 5.75 Å². The first-order chi connectivity index (χ1) is 9.97. The summed E-state index contributed by atoms with van der Waals surface area (Å²) in [4.78, 5) is 11.7. The van der Waals surface area contributed by atoms with Crippen LogP contribution in [0.3, 0.4) is 0 Å². The SMILES string of the molecule is Cc1nn(C)c(C)c1CNC(=O)COc1ccc(F)cc1. The highest BCUT2D eigenvalue weighted by molar-refractivity contribution is 5.77. The van der Waals surface area contributed by atoms with Crippen LogP contribution in [0.2, 0.25) is 0 Å². The number of hydrogen-bond acceptors (Lipinski definition) is 3. The molecule has 1 heterocycles. The van der Waals surface area contributed by atoms with Gasteiger partial charge in [-0.2, -0.15) is 5.10 Å². The highest BCUT2D eigenvalue weighted by Crippen LogP contribution is 2.12. The van der Waals surface area contributed by atoms with Crippen LogP contribution in [0.4, 0.5) is 4.39 Å². The van der Waals surface area contributed by atoms with E-state index in [2.05, 4.69) is 10.4 Å². The van der Waals surface area contributed by atoms with Crippen molar-refractivity contribution in [1.29, 1.82) is 0 Å². The average Bonchev–Trinajstić information content (AvgIpc) is 2.69. The summed E-state index contributed by atoms with van der Waals surface area (Å²) in [5.41, 5.74) is 2.93. The number of carbonyl (C=O) groups excluding carboxylic acids is 1. The van der Waals surface area contributed by atoms with E-state index in [0.29, 0.717) is 12.3 Å². The second kappa shape index (κ2) is 6.39. The number of amides is 1. The molecule has 21 heavy (non-hydrogen) atoms. The van der Waals surface area contributed by atoms with Crippen LogP contribution >= 0.6 is 0 Å². The summed E-state index contributed by atoms with van der Waals surface area (Å²) < 4.78 is 19.8. The Kier molecular flexibility index (Phi) is 4.57. The lowest BCUT2D eigenvalue weighted by Crippen LogP contribution is -2.28. The van der Waals surface area contributed by atoms with Crippen molar-refractivity contribution < 1.29 is 13.9 Å². The van der Waals surface area contributed by atoms with Gasteiger partial charge in [-0.3, -0.25) is 9.48 Å². The van der Waals surface area contributed by atoms with Gasteiger partial charge < -0.3 is 10.1 Å². The van der Waals surface area contributed by atoms with E-state index in [4.69, 9.17) is 4.74 Å². The number of rotatable bonds is 5. The number of carbonyl (C=O) groups is 1. The molecule has 1 amide bonds. The van der Waals surface area contributed by atoms with Crippen molar-refractivity contribution in [2.45, 2.75) is 20.4 Å². The minimum absolute atomic E-state index is 0.107. The molecule has 2 rings (SSSR count). The van der Waals surface area contributed by atoms with Crippen molar-refractivity contribution in [2.24, 2.45) is 7.05 Å². The van der Waals surface area contributed by atoms with E-state index < -0.39 is 0 Å². The maximum atomic E-state index is 12.7. The van der Waals surface area contributed by atoms with Crippen molar-refractivity contribution in [3.63, 3.8) is 0 Å². The highest BCUT2D eigenvalue weighted by Gasteiger charge is 2.10. The number of hydrogen-bond donors (Lipinski definition) is 1. The third-order valence-electron chi connectivity index (χ3n) is 3.30. The number of halogens is 1. The van der Waals surface area contributed by atoms with Crippen LogP contribution in [0.25, 0.3) is 0 Å². The molecule has 5 nitrogen and oxygen atoms in total. The largest absolute Gasteiger partial charge is 0.484 e. The predicted octanol–water partition coefficient (Wildman–Crippen LogP) is 1.87. The molecule has 0 atom stereocenters. The molecule has 1 N–H and O–H groups in total. The van der Waals surface area contributed by atoms with E-state index in [0.717, 1.165) is 17.0 Å². The zero-order chi connectivity index (χ0) is 15.4. The second-order valence-electron chi connectivity index (χ2n) is 4.79. The fourth-order valence-electron chi connectivity index (χ4n) is 1.99. The molecule has 0 aliphatic carbocycles.